The lowest BCUT2D eigenvalue weighted by molar-refractivity contribution is 0.0950. The van der Waals surface area contributed by atoms with E-state index in [1.165, 1.54) is 0 Å². The van der Waals surface area contributed by atoms with Crippen LogP contribution in [0, 0.1) is 0 Å². The number of carbonyl (C=O) groups is 2. The molecule has 0 unspecified atom stereocenters. The van der Waals surface area contributed by atoms with Gasteiger partial charge in [-0.15, -0.1) is 0 Å². The zero-order valence-electron chi connectivity index (χ0n) is 10.6. The van der Waals surface area contributed by atoms with Crippen LogP contribution in [0.5, 0.6) is 0 Å². The average molecular weight is 333 g/mol. The van der Waals surface area contributed by atoms with Crippen LogP contribution >= 0.6 is 15.9 Å². The van der Waals surface area contributed by atoms with Gasteiger partial charge >= 0.3 is 0 Å². The van der Waals surface area contributed by atoms with E-state index in [0.717, 1.165) is 10.0 Å². The predicted molar refractivity (Wildman–Crippen MR) is 80.3 cm³/mol. The number of carbonyl (C=O) groups excluding carboxylic acids is 2. The van der Waals surface area contributed by atoms with Crippen molar-refractivity contribution in [2.75, 3.05) is 0 Å². The summed E-state index contributed by atoms with van der Waals surface area (Å²) in [5.74, 6) is -0.645. The second-order valence-electron chi connectivity index (χ2n) is 4.25. The van der Waals surface area contributed by atoms with Crippen LogP contribution in [0.15, 0.2) is 53.0 Å². The summed E-state index contributed by atoms with van der Waals surface area (Å²) in [4.78, 5) is 23.0. The molecule has 102 valence electrons. The molecule has 0 aromatic heterocycles. The second kappa shape index (κ2) is 6.34. The lowest BCUT2D eigenvalue weighted by Gasteiger charge is -2.06. The molecule has 0 bridgehead atoms. The van der Waals surface area contributed by atoms with Crippen LogP contribution in [-0.2, 0) is 6.54 Å². The fourth-order valence-electron chi connectivity index (χ4n) is 1.72. The maximum atomic E-state index is 11.9. The third kappa shape index (κ3) is 3.68. The maximum absolute atomic E-state index is 11.9. The topological polar surface area (TPSA) is 72.2 Å². The van der Waals surface area contributed by atoms with Crippen LogP contribution in [0.25, 0.3) is 0 Å². The summed E-state index contributed by atoms with van der Waals surface area (Å²) in [7, 11) is 0. The number of nitrogens with two attached hydrogens (primary N) is 1. The van der Waals surface area contributed by atoms with Crippen LogP contribution in [0.2, 0.25) is 0 Å². The molecule has 0 saturated heterocycles. The minimum Gasteiger partial charge on any atom is -0.366 e. The standard InChI is InChI=1S/C15H13BrN2O2/c16-13-6-4-11(5-7-13)15(20)18-9-10-2-1-3-12(8-10)14(17)19/h1-8H,9H2,(H2,17,19)(H,18,20). The van der Waals surface area contributed by atoms with Gasteiger partial charge in [-0.2, -0.15) is 0 Å². The molecule has 0 saturated carbocycles. The number of hydrogen-bond acceptors (Lipinski definition) is 2. The summed E-state index contributed by atoms with van der Waals surface area (Å²) in [6.45, 7) is 0.343. The molecular formula is C15H13BrN2O2. The molecule has 5 heteroatoms. The summed E-state index contributed by atoms with van der Waals surface area (Å²) in [5.41, 5.74) is 7.05. The van der Waals surface area contributed by atoms with Crippen LogP contribution in [0.4, 0.5) is 0 Å². The van der Waals surface area contributed by atoms with E-state index in [1.54, 1.807) is 30.3 Å². The van der Waals surface area contributed by atoms with Crippen molar-refractivity contribution in [3.8, 4) is 0 Å². The maximum Gasteiger partial charge on any atom is 0.251 e. The highest BCUT2D eigenvalue weighted by atomic mass is 79.9. The number of halogens is 1. The summed E-state index contributed by atoms with van der Waals surface area (Å²) in [6.07, 6.45) is 0. The highest BCUT2D eigenvalue weighted by molar-refractivity contribution is 9.10. The van der Waals surface area contributed by atoms with Gasteiger partial charge in [-0.3, -0.25) is 9.59 Å². The van der Waals surface area contributed by atoms with Gasteiger partial charge in [0.2, 0.25) is 5.91 Å². The number of rotatable bonds is 4. The van der Waals surface area contributed by atoms with E-state index in [-0.39, 0.29) is 5.91 Å². The summed E-state index contributed by atoms with van der Waals surface area (Å²) >= 11 is 3.32. The van der Waals surface area contributed by atoms with E-state index in [9.17, 15) is 9.59 Å². The second-order valence-corrected chi connectivity index (χ2v) is 5.17. The van der Waals surface area contributed by atoms with Gasteiger partial charge in [-0.1, -0.05) is 28.1 Å². The SMILES string of the molecule is NC(=O)c1cccc(CNC(=O)c2ccc(Br)cc2)c1. The number of primary amides is 1. The monoisotopic (exact) mass is 332 g/mol. The summed E-state index contributed by atoms with van der Waals surface area (Å²) in [5, 5.41) is 2.79. The fourth-order valence-corrected chi connectivity index (χ4v) is 1.98. The Bertz CT molecular complexity index is 639. The molecule has 0 radical (unpaired) electrons. The number of benzene rings is 2. The third-order valence-corrected chi connectivity index (χ3v) is 3.30. The molecule has 0 heterocycles. The molecule has 20 heavy (non-hydrogen) atoms. The number of nitrogens with one attached hydrogen (secondary N) is 1. The Morgan fingerprint density at radius 3 is 2.40 bits per heavy atom. The zero-order chi connectivity index (χ0) is 14.5. The molecule has 0 fully saturated rings. The zero-order valence-corrected chi connectivity index (χ0v) is 12.2. The molecule has 0 spiro atoms. The Morgan fingerprint density at radius 2 is 1.75 bits per heavy atom. The Labute approximate surface area is 125 Å². The van der Waals surface area contributed by atoms with Crippen LogP contribution in [-0.4, -0.2) is 11.8 Å². The summed E-state index contributed by atoms with van der Waals surface area (Å²) < 4.78 is 0.920. The van der Waals surface area contributed by atoms with Crippen molar-refractivity contribution in [2.45, 2.75) is 6.54 Å². The molecule has 0 aliphatic carbocycles. The van der Waals surface area contributed by atoms with Gasteiger partial charge in [-0.05, 0) is 42.0 Å². The van der Waals surface area contributed by atoms with Crippen molar-refractivity contribution in [1.82, 2.24) is 5.32 Å². The molecule has 0 atom stereocenters. The molecule has 0 aliphatic rings. The Hall–Kier alpha value is -2.14. The molecule has 4 nitrogen and oxygen atoms in total. The van der Waals surface area contributed by atoms with Crippen molar-refractivity contribution in [3.05, 3.63) is 69.7 Å². The van der Waals surface area contributed by atoms with Crippen molar-refractivity contribution in [1.29, 1.82) is 0 Å². The first-order valence-corrected chi connectivity index (χ1v) is 6.78. The first kappa shape index (κ1) is 14.3. The van der Waals surface area contributed by atoms with E-state index in [0.29, 0.717) is 17.7 Å². The lowest BCUT2D eigenvalue weighted by atomic mass is 10.1. The van der Waals surface area contributed by atoms with Gasteiger partial charge in [0.25, 0.3) is 5.91 Å². The van der Waals surface area contributed by atoms with Crippen molar-refractivity contribution in [3.63, 3.8) is 0 Å². The Morgan fingerprint density at radius 1 is 1.05 bits per heavy atom. The molecule has 2 aromatic rings. The first-order chi connectivity index (χ1) is 9.56. The molecular weight excluding hydrogens is 320 g/mol. The smallest absolute Gasteiger partial charge is 0.251 e. The largest absolute Gasteiger partial charge is 0.366 e. The predicted octanol–water partition coefficient (Wildman–Crippen LogP) is 2.48. The van der Waals surface area contributed by atoms with Crippen LogP contribution < -0.4 is 11.1 Å². The van der Waals surface area contributed by atoms with Crippen molar-refractivity contribution in [2.24, 2.45) is 5.73 Å². The van der Waals surface area contributed by atoms with Crippen LogP contribution in [0.1, 0.15) is 26.3 Å². The normalized spacial score (nSPS) is 10.1. The van der Waals surface area contributed by atoms with E-state index >= 15 is 0 Å². The lowest BCUT2D eigenvalue weighted by Crippen LogP contribution is -2.23. The van der Waals surface area contributed by atoms with E-state index in [1.807, 2.05) is 18.2 Å². The molecule has 2 amide bonds. The third-order valence-electron chi connectivity index (χ3n) is 2.77. The minimum atomic E-state index is -0.480. The summed E-state index contributed by atoms with van der Waals surface area (Å²) in [6, 6.07) is 14.0. The average Bonchev–Trinajstić information content (AvgIpc) is 2.46. The highest BCUT2D eigenvalue weighted by Crippen LogP contribution is 2.11. The van der Waals surface area contributed by atoms with Gasteiger partial charge in [-0.25, -0.2) is 0 Å². The molecule has 0 aliphatic heterocycles. The van der Waals surface area contributed by atoms with E-state index in [4.69, 9.17) is 5.73 Å². The molecule has 3 N–H and O–H groups in total. The van der Waals surface area contributed by atoms with Crippen molar-refractivity contribution < 1.29 is 9.59 Å². The minimum absolute atomic E-state index is 0.165. The van der Waals surface area contributed by atoms with Gasteiger partial charge in [0, 0.05) is 22.1 Å². The van der Waals surface area contributed by atoms with E-state index in [2.05, 4.69) is 21.2 Å². The molecule has 2 aromatic carbocycles. The Balaban J connectivity index is 2.01. The van der Waals surface area contributed by atoms with E-state index < -0.39 is 5.91 Å². The van der Waals surface area contributed by atoms with Gasteiger partial charge in [0.15, 0.2) is 0 Å². The van der Waals surface area contributed by atoms with Crippen LogP contribution in [0.3, 0.4) is 0 Å². The van der Waals surface area contributed by atoms with Gasteiger partial charge in [0.05, 0.1) is 0 Å². The quantitative estimate of drug-likeness (QED) is 0.902. The van der Waals surface area contributed by atoms with Crippen molar-refractivity contribution >= 4 is 27.7 Å². The fraction of sp³-hybridized carbons (Fsp3) is 0.0667. The van der Waals surface area contributed by atoms with Gasteiger partial charge < -0.3 is 11.1 Å². The molecule has 2 rings (SSSR count). The first-order valence-electron chi connectivity index (χ1n) is 5.99. The number of amides is 2. The highest BCUT2D eigenvalue weighted by Gasteiger charge is 2.06. The Kier molecular flexibility index (Phi) is 4.53. The van der Waals surface area contributed by atoms with Gasteiger partial charge in [0.1, 0.15) is 0 Å². The number of hydrogen-bond donors (Lipinski definition) is 2.